The maximum absolute atomic E-state index is 15.1. The summed E-state index contributed by atoms with van der Waals surface area (Å²) >= 11 is 0. The number of ether oxygens (including phenoxy) is 1. The zero-order valence-corrected chi connectivity index (χ0v) is 20.9. The van der Waals surface area contributed by atoms with Crippen LogP contribution in [0.15, 0.2) is 77.9 Å². The molecule has 0 aliphatic carbocycles. The topological polar surface area (TPSA) is 100 Å². The Labute approximate surface area is 223 Å². The summed E-state index contributed by atoms with van der Waals surface area (Å²) in [5.41, 5.74) is 1.13. The van der Waals surface area contributed by atoms with Crippen molar-refractivity contribution in [2.75, 3.05) is 23.3 Å². The summed E-state index contributed by atoms with van der Waals surface area (Å²) in [4.78, 5) is 32.4. The molecule has 39 heavy (non-hydrogen) atoms. The largest absolute Gasteiger partial charge is 0.452 e. The summed E-state index contributed by atoms with van der Waals surface area (Å²) in [5.74, 6) is -1.61. The van der Waals surface area contributed by atoms with Gasteiger partial charge in [0.1, 0.15) is 11.4 Å². The Balaban J connectivity index is 1.35. The van der Waals surface area contributed by atoms with Crippen LogP contribution in [0.5, 0.6) is 11.5 Å². The molecule has 0 spiro atoms. The number of halogens is 2. The third kappa shape index (κ3) is 5.69. The number of nitrogens with zero attached hydrogens (tertiary/aromatic N) is 3. The number of hydrogen-bond acceptors (Lipinski definition) is 6. The Morgan fingerprint density at radius 1 is 1.03 bits per heavy atom. The van der Waals surface area contributed by atoms with Gasteiger partial charge in [-0.15, -0.1) is 0 Å². The first-order chi connectivity index (χ1) is 18.9. The van der Waals surface area contributed by atoms with E-state index in [2.05, 4.69) is 15.2 Å². The Hall–Kier alpha value is -4.86. The van der Waals surface area contributed by atoms with E-state index in [-0.39, 0.29) is 23.4 Å². The van der Waals surface area contributed by atoms with Crippen molar-refractivity contribution in [3.05, 3.63) is 106 Å². The van der Waals surface area contributed by atoms with E-state index in [1.807, 2.05) is 0 Å². The lowest BCUT2D eigenvalue weighted by Gasteiger charge is -2.19. The number of amides is 1. The van der Waals surface area contributed by atoms with Crippen LogP contribution in [0.1, 0.15) is 28.9 Å². The minimum absolute atomic E-state index is 0.0713. The van der Waals surface area contributed by atoms with Gasteiger partial charge in [-0.05, 0) is 61.4 Å². The maximum Gasteiger partial charge on any atom is 0.267 e. The smallest absolute Gasteiger partial charge is 0.267 e. The minimum atomic E-state index is -0.725. The van der Waals surface area contributed by atoms with Gasteiger partial charge in [0, 0.05) is 55.4 Å². The maximum atomic E-state index is 15.1. The number of pyridine rings is 2. The second kappa shape index (κ2) is 11.3. The van der Waals surface area contributed by atoms with Gasteiger partial charge in [-0.2, -0.15) is 0 Å². The molecule has 4 aromatic rings. The van der Waals surface area contributed by atoms with Gasteiger partial charge < -0.3 is 20.4 Å². The molecule has 1 fully saturated rings. The lowest BCUT2D eigenvalue weighted by molar-refractivity contribution is 0.102. The summed E-state index contributed by atoms with van der Waals surface area (Å²) in [5, 5.41) is 9.99. The SMILES string of the molecule is N=CCc1ncc(N2CCCC2)cc1Oc1ccc(NC(=O)c2cccn(-c3ccc(F)cc3)c2=O)cc1F. The van der Waals surface area contributed by atoms with Crippen LogP contribution < -0.4 is 20.5 Å². The van der Waals surface area contributed by atoms with Gasteiger partial charge in [0.2, 0.25) is 0 Å². The van der Waals surface area contributed by atoms with Gasteiger partial charge in [0.05, 0.1) is 17.6 Å². The van der Waals surface area contributed by atoms with E-state index in [9.17, 15) is 14.0 Å². The monoisotopic (exact) mass is 529 g/mol. The van der Waals surface area contributed by atoms with Crippen molar-refractivity contribution in [1.29, 1.82) is 5.41 Å². The third-order valence-electron chi connectivity index (χ3n) is 6.39. The average molecular weight is 530 g/mol. The number of carbonyl (C=O) groups excluding carboxylic acids is 1. The summed E-state index contributed by atoms with van der Waals surface area (Å²) < 4.78 is 35.4. The molecular weight excluding hydrogens is 504 g/mol. The second-order valence-corrected chi connectivity index (χ2v) is 9.02. The van der Waals surface area contributed by atoms with Crippen molar-refractivity contribution in [3.63, 3.8) is 0 Å². The van der Waals surface area contributed by atoms with Crippen LogP contribution in [0.2, 0.25) is 0 Å². The third-order valence-corrected chi connectivity index (χ3v) is 6.39. The molecule has 198 valence electrons. The van der Waals surface area contributed by atoms with E-state index in [0.29, 0.717) is 17.1 Å². The van der Waals surface area contributed by atoms with Crippen LogP contribution in [0.4, 0.5) is 20.2 Å². The average Bonchev–Trinajstić information content (AvgIpc) is 3.47. The van der Waals surface area contributed by atoms with Gasteiger partial charge in [-0.3, -0.25) is 19.1 Å². The molecular formula is C29H25F2N5O3. The molecule has 2 aromatic heterocycles. The fraction of sp³-hybridized carbons (Fsp3) is 0.172. The Kier molecular flexibility index (Phi) is 7.44. The Morgan fingerprint density at radius 3 is 2.51 bits per heavy atom. The van der Waals surface area contributed by atoms with Crippen LogP contribution in [0.3, 0.4) is 0 Å². The number of hydrogen-bond donors (Lipinski definition) is 2. The van der Waals surface area contributed by atoms with Crippen LogP contribution in [-0.2, 0) is 6.42 Å². The quantitative estimate of drug-likeness (QED) is 0.300. The molecule has 1 aliphatic heterocycles. The van der Waals surface area contributed by atoms with Crippen molar-refractivity contribution in [1.82, 2.24) is 9.55 Å². The molecule has 0 unspecified atom stereocenters. The molecule has 10 heteroatoms. The first-order valence-electron chi connectivity index (χ1n) is 12.4. The Morgan fingerprint density at radius 2 is 1.79 bits per heavy atom. The number of nitrogens with one attached hydrogen (secondary N) is 2. The van der Waals surface area contributed by atoms with Crippen molar-refractivity contribution < 1.29 is 18.3 Å². The van der Waals surface area contributed by atoms with Crippen LogP contribution in [-0.4, -0.2) is 34.8 Å². The van der Waals surface area contributed by atoms with Gasteiger partial charge in [-0.25, -0.2) is 8.78 Å². The minimum Gasteiger partial charge on any atom is -0.452 e. The van der Waals surface area contributed by atoms with Crippen LogP contribution in [0.25, 0.3) is 5.69 Å². The molecule has 8 nitrogen and oxygen atoms in total. The van der Waals surface area contributed by atoms with Crippen molar-refractivity contribution in [3.8, 4) is 17.2 Å². The number of anilines is 2. The van der Waals surface area contributed by atoms with E-state index in [1.54, 1.807) is 12.3 Å². The molecule has 2 N–H and O–H groups in total. The van der Waals surface area contributed by atoms with Crippen LogP contribution in [0, 0.1) is 17.0 Å². The summed E-state index contributed by atoms with van der Waals surface area (Å²) in [6, 6.07) is 13.9. The molecule has 0 atom stereocenters. The first kappa shape index (κ1) is 25.8. The first-order valence-corrected chi connectivity index (χ1v) is 12.4. The van der Waals surface area contributed by atoms with E-state index in [0.717, 1.165) is 37.7 Å². The van der Waals surface area contributed by atoms with E-state index in [1.165, 1.54) is 65.5 Å². The molecule has 5 rings (SSSR count). The Bertz CT molecular complexity index is 1580. The van der Waals surface area contributed by atoms with Crippen molar-refractivity contribution >= 4 is 23.5 Å². The molecule has 1 amide bonds. The predicted octanol–water partition coefficient (Wildman–Crippen LogP) is 5.35. The summed E-state index contributed by atoms with van der Waals surface area (Å²) in [6.07, 6.45) is 6.82. The van der Waals surface area contributed by atoms with E-state index in [4.69, 9.17) is 10.1 Å². The molecule has 2 aromatic carbocycles. The van der Waals surface area contributed by atoms with E-state index < -0.39 is 23.1 Å². The fourth-order valence-electron chi connectivity index (χ4n) is 4.40. The number of benzene rings is 2. The fourth-order valence-corrected chi connectivity index (χ4v) is 4.40. The highest BCUT2D eigenvalue weighted by molar-refractivity contribution is 6.04. The highest BCUT2D eigenvalue weighted by Gasteiger charge is 2.18. The van der Waals surface area contributed by atoms with Crippen molar-refractivity contribution in [2.24, 2.45) is 0 Å². The highest BCUT2D eigenvalue weighted by atomic mass is 19.1. The lowest BCUT2D eigenvalue weighted by Crippen LogP contribution is -2.27. The predicted molar refractivity (Wildman–Crippen MR) is 145 cm³/mol. The summed E-state index contributed by atoms with van der Waals surface area (Å²) in [7, 11) is 0. The normalized spacial score (nSPS) is 12.8. The molecule has 0 saturated carbocycles. The molecule has 3 heterocycles. The summed E-state index contributed by atoms with van der Waals surface area (Å²) in [6.45, 7) is 1.81. The second-order valence-electron chi connectivity index (χ2n) is 9.02. The molecule has 1 saturated heterocycles. The van der Waals surface area contributed by atoms with Gasteiger partial charge in [0.25, 0.3) is 11.5 Å². The molecule has 1 aliphatic rings. The number of carbonyl (C=O) groups is 1. The van der Waals surface area contributed by atoms with Gasteiger partial charge >= 0.3 is 0 Å². The highest BCUT2D eigenvalue weighted by Crippen LogP contribution is 2.32. The molecule has 0 bridgehead atoms. The van der Waals surface area contributed by atoms with E-state index >= 15 is 4.39 Å². The van der Waals surface area contributed by atoms with Crippen molar-refractivity contribution in [2.45, 2.75) is 19.3 Å². The standard InChI is InChI=1S/C29H25F2N5O3/c30-19-5-8-21(9-6-19)36-15-3-4-23(29(36)38)28(37)34-20-7-10-26(24(31)16-20)39-27-17-22(35-13-1-2-14-35)18-33-25(27)11-12-32/h3-10,12,15-18,32H,1-2,11,13-14H2,(H,34,37). The zero-order chi connectivity index (χ0) is 27.4. The van der Waals surface area contributed by atoms with Gasteiger partial charge in [-0.1, -0.05) is 0 Å². The zero-order valence-electron chi connectivity index (χ0n) is 20.9. The number of aromatic nitrogens is 2. The van der Waals surface area contributed by atoms with Gasteiger partial charge in [0.15, 0.2) is 17.3 Å². The van der Waals surface area contributed by atoms with Crippen LogP contribution >= 0.6 is 0 Å². The molecule has 0 radical (unpaired) electrons. The lowest BCUT2D eigenvalue weighted by atomic mass is 10.2. The number of rotatable bonds is 8.